The lowest BCUT2D eigenvalue weighted by Gasteiger charge is -2.34. The van der Waals surface area contributed by atoms with E-state index in [2.05, 4.69) is 31.8 Å². The third-order valence-electron chi connectivity index (χ3n) is 12.9. The van der Waals surface area contributed by atoms with Crippen molar-refractivity contribution in [1.29, 1.82) is 0 Å². The van der Waals surface area contributed by atoms with Crippen molar-refractivity contribution in [2.24, 2.45) is 0 Å². The second-order valence-electron chi connectivity index (χ2n) is 19.2. The van der Waals surface area contributed by atoms with E-state index in [0.29, 0.717) is 63.0 Å². The van der Waals surface area contributed by atoms with Gasteiger partial charge in [-0.15, -0.1) is 11.3 Å². The van der Waals surface area contributed by atoms with Gasteiger partial charge in [-0.25, -0.2) is 33.9 Å². The predicted octanol–water partition coefficient (Wildman–Crippen LogP) is 10.2. The number of ether oxygens (including phenoxy) is 5. The van der Waals surface area contributed by atoms with Crippen molar-refractivity contribution in [3.63, 3.8) is 0 Å². The number of piperazine rings is 1. The van der Waals surface area contributed by atoms with E-state index in [9.17, 15) is 18.8 Å². The summed E-state index contributed by atoms with van der Waals surface area (Å²) in [6.45, 7) is 16.1. The van der Waals surface area contributed by atoms with Crippen molar-refractivity contribution in [2.75, 3.05) is 60.0 Å². The number of hydrogen-bond donors (Lipinski definition) is 0. The van der Waals surface area contributed by atoms with Crippen LogP contribution in [0.15, 0.2) is 97.5 Å². The van der Waals surface area contributed by atoms with E-state index in [1.165, 1.54) is 29.8 Å². The highest BCUT2D eigenvalue weighted by Gasteiger charge is 2.30. The van der Waals surface area contributed by atoms with E-state index in [4.69, 9.17) is 28.7 Å². The number of nitrogens with zero attached hydrogens (tertiary/aromatic N) is 7. The number of carbonyl (C=O) groups excluding carboxylic acids is 3. The Labute approximate surface area is 435 Å². The van der Waals surface area contributed by atoms with Gasteiger partial charge in [0, 0.05) is 74.4 Å². The molecule has 0 saturated carbocycles. The van der Waals surface area contributed by atoms with Crippen molar-refractivity contribution in [1.82, 2.24) is 34.6 Å². The molecule has 1 aliphatic rings. The summed E-state index contributed by atoms with van der Waals surface area (Å²) in [5.74, 6) is 0.617. The van der Waals surface area contributed by atoms with Crippen LogP contribution in [0.25, 0.3) is 43.2 Å². The van der Waals surface area contributed by atoms with Gasteiger partial charge < -0.3 is 33.5 Å². The number of benzene rings is 4. The molecule has 0 radical (unpaired) electrons. The number of rotatable bonds is 19. The van der Waals surface area contributed by atoms with Crippen molar-refractivity contribution in [2.45, 2.75) is 72.8 Å². The van der Waals surface area contributed by atoms with Crippen LogP contribution in [0, 0.1) is 19.7 Å². The summed E-state index contributed by atoms with van der Waals surface area (Å²) in [6.07, 6.45) is 2.10. The van der Waals surface area contributed by atoms with Crippen LogP contribution < -0.4 is 14.2 Å². The molecule has 17 heteroatoms. The molecule has 15 nitrogen and oxygen atoms in total. The number of aldehydes is 1. The first kappa shape index (κ1) is 53.0. The van der Waals surface area contributed by atoms with Crippen LogP contribution in [0.3, 0.4) is 0 Å². The minimum absolute atomic E-state index is 0.0373. The number of thiophene rings is 1. The number of esters is 1. The number of methoxy groups -OCH3 is 1. The Morgan fingerprint density at radius 3 is 2.41 bits per heavy atom. The summed E-state index contributed by atoms with van der Waals surface area (Å²) in [5, 5.41) is 0.528. The number of halogens is 1. The summed E-state index contributed by atoms with van der Waals surface area (Å²) < 4.78 is 45.0. The Morgan fingerprint density at radius 2 is 1.68 bits per heavy atom. The standard InChI is InChI=1S/C57H62FN7O8S/c1-9-70-55(67)48(72-53-50-49(44-20-17-40(33-66)36(2)37(44)3)51(74-54(50)61-35-60-53)39-15-18-42(58)19-16-39)31-41-30-38(32-65(56(68)73-57(4,5)6)29-28-64-26-24-63(7)25-27-64)14-21-46(41)71-34-43-22-23-59-52(62-43)45-12-10-11-13-47(45)69-8/h10-23,30,33,35,48H,9,24-29,31-32,34H2,1-8H3/t48-/m1/s1. The third kappa shape index (κ3) is 12.7. The summed E-state index contributed by atoms with van der Waals surface area (Å²) in [7, 11) is 3.70. The average Bonchev–Trinajstić information content (AvgIpc) is 3.79. The van der Waals surface area contributed by atoms with E-state index in [1.807, 2.05) is 83.1 Å². The number of aromatic nitrogens is 4. The number of para-hydroxylation sites is 1. The summed E-state index contributed by atoms with van der Waals surface area (Å²) in [5.41, 5.74) is 6.33. The van der Waals surface area contributed by atoms with Crippen molar-refractivity contribution >= 4 is 39.9 Å². The lowest BCUT2D eigenvalue weighted by molar-refractivity contribution is -0.151. The molecule has 7 aromatic rings. The fourth-order valence-corrected chi connectivity index (χ4v) is 9.93. The molecule has 8 rings (SSSR count). The van der Waals surface area contributed by atoms with Gasteiger partial charge in [0.2, 0.25) is 12.0 Å². The van der Waals surface area contributed by atoms with Gasteiger partial charge in [0.05, 0.1) is 30.4 Å². The van der Waals surface area contributed by atoms with Gasteiger partial charge in [-0.3, -0.25) is 9.69 Å². The third-order valence-corrected chi connectivity index (χ3v) is 14.0. The maximum atomic E-state index is 14.4. The van der Waals surface area contributed by atoms with Gasteiger partial charge >= 0.3 is 12.1 Å². The Balaban J connectivity index is 1.20. The summed E-state index contributed by atoms with van der Waals surface area (Å²) >= 11 is 1.38. The normalized spacial score (nSPS) is 13.6. The molecule has 0 unspecified atom stereocenters. The zero-order valence-corrected chi connectivity index (χ0v) is 44.0. The van der Waals surface area contributed by atoms with Gasteiger partial charge in [0.25, 0.3) is 0 Å². The molecule has 386 valence electrons. The molecule has 1 atom stereocenters. The zero-order valence-electron chi connectivity index (χ0n) is 43.1. The van der Waals surface area contributed by atoms with Gasteiger partial charge in [-0.1, -0.05) is 48.5 Å². The van der Waals surface area contributed by atoms with Crippen LogP contribution in [0.5, 0.6) is 17.4 Å². The molecule has 0 N–H and O–H groups in total. The first-order chi connectivity index (χ1) is 35.6. The maximum Gasteiger partial charge on any atom is 0.410 e. The van der Waals surface area contributed by atoms with E-state index >= 15 is 0 Å². The molecule has 1 saturated heterocycles. The minimum atomic E-state index is -1.27. The molecular formula is C57H62FN7O8S. The number of fused-ring (bicyclic) bond motifs is 1. The highest BCUT2D eigenvalue weighted by atomic mass is 32.1. The largest absolute Gasteiger partial charge is 0.496 e. The van der Waals surface area contributed by atoms with Crippen molar-refractivity contribution < 1.29 is 42.5 Å². The van der Waals surface area contributed by atoms with Crippen LogP contribution in [-0.4, -0.2) is 125 Å². The average molecular weight is 1020 g/mol. The molecule has 0 aliphatic carbocycles. The fraction of sp³-hybridized carbons (Fsp3) is 0.351. The highest BCUT2D eigenvalue weighted by Crippen LogP contribution is 2.48. The minimum Gasteiger partial charge on any atom is -0.496 e. The molecule has 1 amide bonds. The Hall–Kier alpha value is -7.34. The number of hydrogen-bond acceptors (Lipinski definition) is 15. The molecule has 0 bridgehead atoms. The summed E-state index contributed by atoms with van der Waals surface area (Å²) in [4.78, 5) is 66.7. The quantitative estimate of drug-likeness (QED) is 0.0556. The van der Waals surface area contributed by atoms with Gasteiger partial charge in [-0.2, -0.15) is 0 Å². The van der Waals surface area contributed by atoms with Gasteiger partial charge in [0.1, 0.15) is 47.0 Å². The lowest BCUT2D eigenvalue weighted by atomic mass is 9.91. The van der Waals surface area contributed by atoms with Crippen molar-refractivity contribution in [3.05, 3.63) is 137 Å². The molecule has 0 spiro atoms. The SMILES string of the molecule is CCOC(=O)[C@@H](Cc1cc(CN(CCN2CCN(C)CC2)C(=O)OC(C)(C)C)ccc1OCc1ccnc(-c2ccccc2OC)n1)Oc1ncnc2sc(-c3ccc(F)cc3)c(-c3ccc(C=O)c(C)c3C)c12. The second-order valence-corrected chi connectivity index (χ2v) is 20.2. The maximum absolute atomic E-state index is 14.4. The Kier molecular flexibility index (Phi) is 17.0. The summed E-state index contributed by atoms with van der Waals surface area (Å²) in [6, 6.07) is 24.7. The van der Waals surface area contributed by atoms with Crippen LogP contribution in [-0.2, 0) is 33.8 Å². The molecule has 74 heavy (non-hydrogen) atoms. The molecule has 1 aliphatic heterocycles. The van der Waals surface area contributed by atoms with Crippen LogP contribution in [0.1, 0.15) is 66.0 Å². The van der Waals surface area contributed by atoms with Crippen LogP contribution >= 0.6 is 11.3 Å². The molecule has 4 aromatic carbocycles. The van der Waals surface area contributed by atoms with E-state index in [-0.39, 0.29) is 37.9 Å². The first-order valence-electron chi connectivity index (χ1n) is 24.6. The van der Waals surface area contributed by atoms with Gasteiger partial charge in [0.15, 0.2) is 5.82 Å². The Morgan fingerprint density at radius 1 is 0.905 bits per heavy atom. The number of carbonyl (C=O) groups is 3. The van der Waals surface area contributed by atoms with Crippen LogP contribution in [0.4, 0.5) is 9.18 Å². The monoisotopic (exact) mass is 1020 g/mol. The molecule has 3 aromatic heterocycles. The lowest BCUT2D eigenvalue weighted by Crippen LogP contribution is -2.48. The van der Waals surface area contributed by atoms with Crippen LogP contribution in [0.2, 0.25) is 0 Å². The van der Waals surface area contributed by atoms with E-state index < -0.39 is 23.8 Å². The second kappa shape index (κ2) is 23.7. The fourth-order valence-electron chi connectivity index (χ4n) is 8.77. The topological polar surface area (TPSA) is 159 Å². The Bertz CT molecular complexity index is 3120. The van der Waals surface area contributed by atoms with E-state index in [1.54, 1.807) is 49.4 Å². The molecular weight excluding hydrogens is 962 g/mol. The molecule has 4 heterocycles. The first-order valence-corrected chi connectivity index (χ1v) is 25.5. The predicted molar refractivity (Wildman–Crippen MR) is 283 cm³/mol. The highest BCUT2D eigenvalue weighted by molar-refractivity contribution is 7.22. The van der Waals surface area contributed by atoms with E-state index in [0.717, 1.165) is 70.7 Å². The number of amides is 1. The molecule has 1 fully saturated rings. The zero-order chi connectivity index (χ0) is 52.5. The smallest absolute Gasteiger partial charge is 0.410 e. The number of likely N-dealkylation sites (N-methyl/N-ethyl adjacent to an activating group) is 1. The van der Waals surface area contributed by atoms with Crippen molar-refractivity contribution in [3.8, 4) is 50.3 Å². The van der Waals surface area contributed by atoms with Gasteiger partial charge in [-0.05, 0) is 118 Å².